The van der Waals surface area contributed by atoms with Crippen molar-refractivity contribution < 1.29 is 4.79 Å². The van der Waals surface area contributed by atoms with E-state index in [2.05, 4.69) is 17.3 Å². The Morgan fingerprint density at radius 1 is 1.33 bits per heavy atom. The van der Waals surface area contributed by atoms with E-state index in [1.807, 2.05) is 0 Å². The molecule has 0 aliphatic heterocycles. The molecule has 0 bridgehead atoms. The molecule has 1 aromatic carbocycles. The van der Waals surface area contributed by atoms with Crippen molar-refractivity contribution >= 4 is 12.0 Å². The Labute approximate surface area is 70.5 Å². The lowest BCUT2D eigenvalue weighted by Crippen LogP contribution is -2.05. The van der Waals surface area contributed by atoms with E-state index in [4.69, 9.17) is 5.84 Å². The number of nitrogens with one attached hydrogen (secondary N) is 1. The summed E-state index contributed by atoms with van der Waals surface area (Å²) in [5, 5.41) is 0. The van der Waals surface area contributed by atoms with Crippen LogP contribution in [0.2, 0.25) is 0 Å². The second-order valence-corrected chi connectivity index (χ2v) is 2.11. The van der Waals surface area contributed by atoms with Crippen LogP contribution in [0, 0.1) is 11.8 Å². The smallest absolute Gasteiger partial charge is 0.193 e. The van der Waals surface area contributed by atoms with Gasteiger partial charge in [-0.3, -0.25) is 10.6 Å². The average molecular weight is 160 g/mol. The van der Waals surface area contributed by atoms with Gasteiger partial charge in [-0.15, -0.1) is 0 Å². The van der Waals surface area contributed by atoms with Crippen molar-refractivity contribution in [1.29, 1.82) is 0 Å². The molecule has 0 spiro atoms. The molecule has 0 aromatic heterocycles. The van der Waals surface area contributed by atoms with Gasteiger partial charge in [0.2, 0.25) is 0 Å². The number of nitrogen functional groups attached to an aromatic ring is 1. The van der Waals surface area contributed by atoms with Crippen molar-refractivity contribution in [1.82, 2.24) is 0 Å². The zero-order chi connectivity index (χ0) is 8.81. The van der Waals surface area contributed by atoms with E-state index in [0.29, 0.717) is 6.29 Å². The molecule has 3 heteroatoms. The van der Waals surface area contributed by atoms with E-state index in [1.165, 1.54) is 0 Å². The number of rotatable bonds is 1. The van der Waals surface area contributed by atoms with E-state index >= 15 is 0 Å². The number of anilines is 1. The molecule has 0 radical (unpaired) electrons. The van der Waals surface area contributed by atoms with Crippen molar-refractivity contribution in [2.24, 2.45) is 5.84 Å². The Morgan fingerprint density at radius 2 is 2.00 bits per heavy atom. The lowest BCUT2D eigenvalue weighted by molar-refractivity contribution is -0.103. The molecule has 0 unspecified atom stereocenters. The average Bonchev–Trinajstić information content (AvgIpc) is 2.15. The van der Waals surface area contributed by atoms with Crippen molar-refractivity contribution in [3.8, 4) is 11.8 Å². The number of hydrogen-bond donors (Lipinski definition) is 2. The summed E-state index contributed by atoms with van der Waals surface area (Å²) < 4.78 is 0. The van der Waals surface area contributed by atoms with E-state index in [1.54, 1.807) is 24.3 Å². The minimum atomic E-state index is 0.565. The first kappa shape index (κ1) is 8.31. The molecule has 0 aliphatic rings. The summed E-state index contributed by atoms with van der Waals surface area (Å²) >= 11 is 0. The summed E-state index contributed by atoms with van der Waals surface area (Å²) in [5.41, 5.74) is 4.10. The lowest BCUT2D eigenvalue weighted by Gasteiger charge is -1.97. The van der Waals surface area contributed by atoms with Crippen LogP contribution >= 0.6 is 0 Å². The van der Waals surface area contributed by atoms with Crippen LogP contribution in [-0.4, -0.2) is 6.29 Å². The lowest BCUT2D eigenvalue weighted by atomic mass is 10.2. The Balaban J connectivity index is 2.84. The van der Waals surface area contributed by atoms with E-state index in [0.717, 1.165) is 11.3 Å². The molecule has 0 saturated carbocycles. The highest BCUT2D eigenvalue weighted by Gasteiger charge is 1.87. The first-order chi connectivity index (χ1) is 5.86. The molecule has 0 atom stereocenters. The van der Waals surface area contributed by atoms with Gasteiger partial charge in [0, 0.05) is 11.3 Å². The van der Waals surface area contributed by atoms with E-state index < -0.39 is 0 Å². The molecule has 0 fully saturated rings. The topological polar surface area (TPSA) is 55.1 Å². The van der Waals surface area contributed by atoms with Gasteiger partial charge in [-0.25, -0.2) is 0 Å². The third-order valence-corrected chi connectivity index (χ3v) is 1.33. The van der Waals surface area contributed by atoms with Gasteiger partial charge in [-0.2, -0.15) is 0 Å². The molecule has 1 rings (SSSR count). The van der Waals surface area contributed by atoms with Crippen LogP contribution < -0.4 is 11.3 Å². The molecule has 0 aliphatic carbocycles. The van der Waals surface area contributed by atoms with Crippen LogP contribution in [0.15, 0.2) is 24.3 Å². The fourth-order valence-corrected chi connectivity index (χ4v) is 0.763. The van der Waals surface area contributed by atoms with Crippen LogP contribution in [-0.2, 0) is 4.79 Å². The van der Waals surface area contributed by atoms with Gasteiger partial charge < -0.3 is 5.43 Å². The maximum Gasteiger partial charge on any atom is 0.193 e. The molecule has 0 heterocycles. The molecular weight excluding hydrogens is 152 g/mol. The Kier molecular flexibility index (Phi) is 2.88. The highest BCUT2D eigenvalue weighted by atomic mass is 16.1. The fraction of sp³-hybridized carbons (Fsp3) is 0. The normalized spacial score (nSPS) is 8.08. The molecular formula is C9H8N2O. The summed E-state index contributed by atoms with van der Waals surface area (Å²) in [7, 11) is 0. The minimum Gasteiger partial charge on any atom is -0.324 e. The van der Waals surface area contributed by atoms with Gasteiger partial charge in [0.15, 0.2) is 6.29 Å². The Hall–Kier alpha value is -1.79. The molecule has 60 valence electrons. The second-order valence-electron chi connectivity index (χ2n) is 2.11. The summed E-state index contributed by atoms with van der Waals surface area (Å²) in [5.74, 6) is 10.1. The number of nitrogens with two attached hydrogens (primary N) is 1. The first-order valence-corrected chi connectivity index (χ1v) is 3.38. The monoisotopic (exact) mass is 160 g/mol. The van der Waals surface area contributed by atoms with Crippen molar-refractivity contribution in [3.63, 3.8) is 0 Å². The van der Waals surface area contributed by atoms with E-state index in [9.17, 15) is 4.79 Å². The zero-order valence-corrected chi connectivity index (χ0v) is 6.37. The zero-order valence-electron chi connectivity index (χ0n) is 6.37. The fourth-order valence-electron chi connectivity index (χ4n) is 0.763. The number of hydrogen-bond acceptors (Lipinski definition) is 3. The highest BCUT2D eigenvalue weighted by molar-refractivity contribution is 5.74. The van der Waals surface area contributed by atoms with E-state index in [-0.39, 0.29) is 0 Å². The van der Waals surface area contributed by atoms with Crippen LogP contribution in [0.1, 0.15) is 5.56 Å². The van der Waals surface area contributed by atoms with Crippen LogP contribution in [0.3, 0.4) is 0 Å². The number of carbonyl (C=O) groups is 1. The predicted octanol–water partition coefficient (Wildman–Crippen LogP) is 0.523. The van der Waals surface area contributed by atoms with Gasteiger partial charge >= 0.3 is 0 Å². The van der Waals surface area contributed by atoms with Crippen molar-refractivity contribution in [2.75, 3.05) is 5.43 Å². The first-order valence-electron chi connectivity index (χ1n) is 3.38. The molecule has 0 amide bonds. The number of carbonyl (C=O) groups excluding carboxylic acids is 1. The standard InChI is InChI=1S/C9H8N2O/c10-11-9-5-3-8(4-6-9)2-1-7-12/h3-7,11H,10H2. The third-order valence-electron chi connectivity index (χ3n) is 1.33. The number of benzene rings is 1. The summed E-state index contributed by atoms with van der Waals surface area (Å²) in [4.78, 5) is 9.90. The number of hydrazine groups is 1. The number of aldehydes is 1. The van der Waals surface area contributed by atoms with Gasteiger partial charge in [0.05, 0.1) is 0 Å². The van der Waals surface area contributed by atoms with Gasteiger partial charge in [0.25, 0.3) is 0 Å². The molecule has 3 N–H and O–H groups in total. The molecule has 0 saturated heterocycles. The van der Waals surface area contributed by atoms with Crippen LogP contribution in [0.4, 0.5) is 5.69 Å². The molecule has 12 heavy (non-hydrogen) atoms. The Morgan fingerprint density at radius 3 is 2.50 bits per heavy atom. The SMILES string of the molecule is NNc1ccc(C#CC=O)cc1. The maximum absolute atomic E-state index is 9.90. The van der Waals surface area contributed by atoms with Gasteiger partial charge in [-0.05, 0) is 30.2 Å². The van der Waals surface area contributed by atoms with Crippen molar-refractivity contribution in [2.45, 2.75) is 0 Å². The summed E-state index contributed by atoms with van der Waals surface area (Å²) in [6, 6.07) is 7.14. The van der Waals surface area contributed by atoms with Gasteiger partial charge in [-0.1, -0.05) is 5.92 Å². The predicted molar refractivity (Wildman–Crippen MR) is 47.2 cm³/mol. The van der Waals surface area contributed by atoms with Gasteiger partial charge in [0.1, 0.15) is 0 Å². The quantitative estimate of drug-likeness (QED) is 0.272. The second kappa shape index (κ2) is 4.16. The summed E-state index contributed by atoms with van der Waals surface area (Å²) in [6.45, 7) is 0. The maximum atomic E-state index is 9.90. The Bertz CT molecular complexity index is 319. The largest absolute Gasteiger partial charge is 0.324 e. The summed E-state index contributed by atoms with van der Waals surface area (Å²) in [6.07, 6.45) is 0.565. The third kappa shape index (κ3) is 2.11. The van der Waals surface area contributed by atoms with Crippen molar-refractivity contribution in [3.05, 3.63) is 29.8 Å². The van der Waals surface area contributed by atoms with Crippen LogP contribution in [0.5, 0.6) is 0 Å². The molecule has 3 nitrogen and oxygen atoms in total. The molecule has 1 aromatic rings. The van der Waals surface area contributed by atoms with Crippen LogP contribution in [0.25, 0.3) is 0 Å². The highest BCUT2D eigenvalue weighted by Crippen LogP contribution is 2.06. The minimum absolute atomic E-state index is 0.565.